The molecular formula is C17H20N6O2S. The highest BCUT2D eigenvalue weighted by atomic mass is 32.1. The first-order valence-electron chi connectivity index (χ1n) is 8.80. The number of rotatable bonds is 4. The Labute approximate surface area is 154 Å². The SMILES string of the molecule is CC(C)CC1CC(c2nnc3sc(-c4ccc5c(c4)OCO5)nn23)NN1. The van der Waals surface area contributed by atoms with Gasteiger partial charge in [-0.3, -0.25) is 5.43 Å². The van der Waals surface area contributed by atoms with Gasteiger partial charge in [0.05, 0.1) is 6.04 Å². The third kappa shape index (κ3) is 2.72. The largest absolute Gasteiger partial charge is 0.454 e. The molecule has 1 fully saturated rings. The van der Waals surface area contributed by atoms with Crippen molar-refractivity contribution in [1.29, 1.82) is 0 Å². The molecule has 0 bridgehead atoms. The first-order chi connectivity index (χ1) is 12.7. The van der Waals surface area contributed by atoms with E-state index in [1.165, 1.54) is 11.3 Å². The van der Waals surface area contributed by atoms with Crippen molar-refractivity contribution in [2.45, 2.75) is 38.8 Å². The molecule has 136 valence electrons. The molecule has 2 aliphatic heterocycles. The van der Waals surface area contributed by atoms with Crippen molar-refractivity contribution >= 4 is 16.3 Å². The van der Waals surface area contributed by atoms with Crippen molar-refractivity contribution in [1.82, 2.24) is 30.7 Å². The lowest BCUT2D eigenvalue weighted by molar-refractivity contribution is 0.174. The molecule has 3 aromatic rings. The van der Waals surface area contributed by atoms with E-state index in [9.17, 15) is 0 Å². The van der Waals surface area contributed by atoms with Gasteiger partial charge in [-0.1, -0.05) is 25.2 Å². The molecule has 8 nitrogen and oxygen atoms in total. The second-order valence-electron chi connectivity index (χ2n) is 7.13. The average molecular weight is 372 g/mol. The third-order valence-electron chi connectivity index (χ3n) is 4.68. The zero-order chi connectivity index (χ0) is 17.7. The van der Waals surface area contributed by atoms with Crippen molar-refractivity contribution < 1.29 is 9.47 Å². The van der Waals surface area contributed by atoms with Crippen molar-refractivity contribution in [2.24, 2.45) is 5.92 Å². The summed E-state index contributed by atoms with van der Waals surface area (Å²) in [6.45, 7) is 4.75. The lowest BCUT2D eigenvalue weighted by Gasteiger charge is -2.11. The molecule has 1 saturated heterocycles. The number of fused-ring (bicyclic) bond motifs is 2. The summed E-state index contributed by atoms with van der Waals surface area (Å²) in [4.78, 5) is 0.793. The highest BCUT2D eigenvalue weighted by molar-refractivity contribution is 7.19. The summed E-state index contributed by atoms with van der Waals surface area (Å²) in [5.74, 6) is 3.03. The number of aromatic nitrogens is 4. The summed E-state index contributed by atoms with van der Waals surface area (Å²) in [6.07, 6.45) is 2.11. The van der Waals surface area contributed by atoms with Crippen LogP contribution in [0.4, 0.5) is 0 Å². The van der Waals surface area contributed by atoms with E-state index in [2.05, 4.69) is 34.9 Å². The van der Waals surface area contributed by atoms with E-state index < -0.39 is 0 Å². The van der Waals surface area contributed by atoms with Crippen LogP contribution in [0.1, 0.15) is 38.6 Å². The summed E-state index contributed by atoms with van der Waals surface area (Å²) >= 11 is 1.52. The van der Waals surface area contributed by atoms with Crippen LogP contribution in [0, 0.1) is 5.92 Å². The maximum Gasteiger partial charge on any atom is 0.235 e. The Morgan fingerprint density at radius 1 is 1.23 bits per heavy atom. The van der Waals surface area contributed by atoms with Crippen LogP contribution in [0.25, 0.3) is 15.5 Å². The Morgan fingerprint density at radius 2 is 2.12 bits per heavy atom. The standard InChI is InChI=1S/C17H20N6O2S/c1-9(2)5-11-7-12(19-18-11)15-20-21-17-23(15)22-16(26-17)10-3-4-13-14(6-10)25-8-24-13/h3-4,6,9,11-12,18-19H,5,7-8H2,1-2H3. The van der Waals surface area contributed by atoms with Crippen molar-refractivity contribution in [3.8, 4) is 22.1 Å². The Hall–Kier alpha value is -2.23. The summed E-state index contributed by atoms with van der Waals surface area (Å²) in [5, 5.41) is 14.3. The van der Waals surface area contributed by atoms with E-state index >= 15 is 0 Å². The van der Waals surface area contributed by atoms with E-state index in [0.717, 1.165) is 45.7 Å². The fraction of sp³-hybridized carbons (Fsp3) is 0.471. The molecule has 2 aliphatic rings. The molecule has 0 amide bonds. The predicted octanol–water partition coefficient (Wildman–Crippen LogP) is 2.54. The molecule has 26 heavy (non-hydrogen) atoms. The van der Waals surface area contributed by atoms with Crippen LogP contribution in [0.2, 0.25) is 0 Å². The minimum Gasteiger partial charge on any atom is -0.454 e. The predicted molar refractivity (Wildman–Crippen MR) is 97.1 cm³/mol. The molecule has 0 saturated carbocycles. The Morgan fingerprint density at radius 3 is 3.00 bits per heavy atom. The number of hydrogen-bond donors (Lipinski definition) is 2. The van der Waals surface area contributed by atoms with Crippen LogP contribution in [0.5, 0.6) is 11.5 Å². The van der Waals surface area contributed by atoms with Gasteiger partial charge in [-0.25, -0.2) is 5.43 Å². The highest BCUT2D eigenvalue weighted by Gasteiger charge is 2.30. The summed E-state index contributed by atoms with van der Waals surface area (Å²) in [5.41, 5.74) is 7.71. The van der Waals surface area contributed by atoms with Crippen LogP contribution in [-0.4, -0.2) is 32.6 Å². The van der Waals surface area contributed by atoms with Gasteiger partial charge in [0, 0.05) is 11.6 Å². The number of nitrogens with zero attached hydrogens (tertiary/aromatic N) is 4. The molecule has 2 aromatic heterocycles. The lowest BCUT2D eigenvalue weighted by atomic mass is 10.00. The monoisotopic (exact) mass is 372 g/mol. The van der Waals surface area contributed by atoms with Gasteiger partial charge in [0.25, 0.3) is 0 Å². The van der Waals surface area contributed by atoms with Crippen LogP contribution >= 0.6 is 11.3 Å². The van der Waals surface area contributed by atoms with Crippen LogP contribution in [-0.2, 0) is 0 Å². The van der Waals surface area contributed by atoms with Crippen LogP contribution < -0.4 is 20.3 Å². The van der Waals surface area contributed by atoms with Crippen LogP contribution in [0.15, 0.2) is 18.2 Å². The number of hydrazine groups is 1. The molecule has 1 aromatic carbocycles. The first kappa shape index (κ1) is 16.0. The third-order valence-corrected chi connectivity index (χ3v) is 5.63. The Bertz CT molecular complexity index is 952. The van der Waals surface area contributed by atoms with Gasteiger partial charge in [-0.05, 0) is 37.0 Å². The zero-order valence-corrected chi connectivity index (χ0v) is 15.4. The molecule has 2 N–H and O–H groups in total. The maximum atomic E-state index is 5.47. The minimum atomic E-state index is 0.112. The number of nitrogens with one attached hydrogen (secondary N) is 2. The lowest BCUT2D eigenvalue weighted by Crippen LogP contribution is -2.32. The van der Waals surface area contributed by atoms with Gasteiger partial charge < -0.3 is 9.47 Å². The Balaban J connectivity index is 1.43. The molecule has 0 radical (unpaired) electrons. The van der Waals surface area contributed by atoms with Gasteiger partial charge in [-0.2, -0.15) is 9.61 Å². The minimum absolute atomic E-state index is 0.112. The quantitative estimate of drug-likeness (QED) is 0.728. The normalized spacial score (nSPS) is 22.0. The Kier molecular flexibility index (Phi) is 3.80. The molecule has 5 rings (SSSR count). The summed E-state index contributed by atoms with van der Waals surface area (Å²) in [7, 11) is 0. The van der Waals surface area contributed by atoms with Gasteiger partial charge in [0.15, 0.2) is 17.3 Å². The molecule has 0 aliphatic carbocycles. The fourth-order valence-corrected chi connectivity index (χ4v) is 4.35. The average Bonchev–Trinajstić information content (AvgIpc) is 3.36. The molecule has 9 heteroatoms. The topological polar surface area (TPSA) is 85.6 Å². The van der Waals surface area contributed by atoms with E-state index in [0.29, 0.717) is 12.0 Å². The highest BCUT2D eigenvalue weighted by Crippen LogP contribution is 2.37. The zero-order valence-electron chi connectivity index (χ0n) is 14.6. The molecule has 2 atom stereocenters. The summed E-state index contributed by atoms with van der Waals surface area (Å²) < 4.78 is 12.7. The van der Waals surface area contributed by atoms with Gasteiger partial charge in [0.1, 0.15) is 5.01 Å². The number of ether oxygens (including phenoxy) is 2. The van der Waals surface area contributed by atoms with Crippen molar-refractivity contribution in [3.63, 3.8) is 0 Å². The molecule has 2 unspecified atom stereocenters. The fourth-order valence-electron chi connectivity index (χ4n) is 3.51. The van der Waals surface area contributed by atoms with E-state index in [-0.39, 0.29) is 12.8 Å². The smallest absolute Gasteiger partial charge is 0.235 e. The van der Waals surface area contributed by atoms with Gasteiger partial charge in [0.2, 0.25) is 11.8 Å². The first-order valence-corrected chi connectivity index (χ1v) is 9.62. The second-order valence-corrected chi connectivity index (χ2v) is 8.09. The molecule has 0 spiro atoms. The van der Waals surface area contributed by atoms with Gasteiger partial charge >= 0.3 is 0 Å². The molecular weight excluding hydrogens is 352 g/mol. The van der Waals surface area contributed by atoms with Crippen molar-refractivity contribution in [2.75, 3.05) is 6.79 Å². The van der Waals surface area contributed by atoms with E-state index in [1.54, 1.807) is 0 Å². The van der Waals surface area contributed by atoms with Gasteiger partial charge in [-0.15, -0.1) is 10.2 Å². The van der Waals surface area contributed by atoms with Crippen LogP contribution in [0.3, 0.4) is 0 Å². The number of benzene rings is 1. The second kappa shape index (κ2) is 6.19. The van der Waals surface area contributed by atoms with E-state index in [1.807, 2.05) is 22.7 Å². The van der Waals surface area contributed by atoms with E-state index in [4.69, 9.17) is 14.6 Å². The summed E-state index contributed by atoms with van der Waals surface area (Å²) in [6, 6.07) is 6.43. The molecule has 4 heterocycles. The maximum absolute atomic E-state index is 5.47. The van der Waals surface area contributed by atoms with Crippen molar-refractivity contribution in [3.05, 3.63) is 24.0 Å². The number of hydrogen-bond acceptors (Lipinski definition) is 8.